The largest absolute Gasteiger partial charge is 0.440 e. The maximum absolute atomic E-state index is 13.0. The predicted molar refractivity (Wildman–Crippen MR) is 119 cm³/mol. The first-order valence-electron chi connectivity index (χ1n) is 10.3. The molecular weight excluding hydrogens is 394 g/mol. The van der Waals surface area contributed by atoms with E-state index in [0.717, 1.165) is 40.4 Å². The molecule has 3 heterocycles. The fourth-order valence-corrected chi connectivity index (χ4v) is 4.99. The van der Waals surface area contributed by atoms with E-state index in [1.54, 1.807) is 0 Å². The zero-order chi connectivity index (χ0) is 20.7. The van der Waals surface area contributed by atoms with Gasteiger partial charge in [0.1, 0.15) is 16.2 Å². The third-order valence-electron chi connectivity index (χ3n) is 5.78. The van der Waals surface area contributed by atoms with E-state index in [4.69, 9.17) is 4.42 Å². The number of rotatable bonds is 3. The number of benzene rings is 2. The van der Waals surface area contributed by atoms with Gasteiger partial charge >= 0.3 is 0 Å². The third kappa shape index (κ3) is 3.52. The summed E-state index contributed by atoms with van der Waals surface area (Å²) < 4.78 is 5.93. The van der Waals surface area contributed by atoms with Crippen LogP contribution in [0.25, 0.3) is 21.7 Å². The van der Waals surface area contributed by atoms with Gasteiger partial charge in [-0.05, 0) is 44.4 Å². The molecule has 0 radical (unpaired) electrons. The Bertz CT molecular complexity index is 1190. The number of piperidine rings is 1. The second-order valence-electron chi connectivity index (χ2n) is 7.94. The molecule has 0 atom stereocenters. The first-order valence-corrected chi connectivity index (χ1v) is 11.1. The minimum absolute atomic E-state index is 0.0123. The number of fused-ring (bicyclic) bond motifs is 1. The summed E-state index contributed by atoms with van der Waals surface area (Å²) in [5, 5.41) is 2.78. The van der Waals surface area contributed by atoms with E-state index in [9.17, 15) is 4.79 Å². The molecule has 0 unspecified atom stereocenters. The number of aromatic nitrogens is 2. The number of thiazole rings is 1. The van der Waals surface area contributed by atoms with Crippen LogP contribution in [0.4, 0.5) is 0 Å². The molecular formula is C24H23N3O2S. The van der Waals surface area contributed by atoms with Gasteiger partial charge in [-0.2, -0.15) is 0 Å². The van der Waals surface area contributed by atoms with Crippen molar-refractivity contribution < 1.29 is 9.21 Å². The summed E-state index contributed by atoms with van der Waals surface area (Å²) in [7, 11) is 0. The first kappa shape index (κ1) is 19.0. The van der Waals surface area contributed by atoms with Crippen molar-refractivity contribution in [3.8, 4) is 10.6 Å². The van der Waals surface area contributed by atoms with E-state index < -0.39 is 0 Å². The molecule has 0 N–H and O–H groups in total. The Morgan fingerprint density at radius 2 is 1.90 bits per heavy atom. The highest BCUT2D eigenvalue weighted by molar-refractivity contribution is 7.13. The molecule has 4 aromatic rings. The third-order valence-corrected chi connectivity index (χ3v) is 6.65. The average molecular weight is 418 g/mol. The second-order valence-corrected chi connectivity index (χ2v) is 8.80. The molecule has 1 saturated heterocycles. The van der Waals surface area contributed by atoms with Crippen molar-refractivity contribution in [2.24, 2.45) is 0 Å². The molecule has 1 aliphatic rings. The standard InChI is InChI=1S/C24H23N3O2S/c1-15-7-8-18(16(2)13-15)23-26-20(14-30-23)24(28)27-11-9-17(10-12-27)22-25-19-5-3-4-6-21(19)29-22/h3-8,13-14,17H,9-12H2,1-2H3. The Balaban J connectivity index is 1.27. The van der Waals surface area contributed by atoms with Crippen molar-refractivity contribution in [2.75, 3.05) is 13.1 Å². The van der Waals surface area contributed by atoms with Gasteiger partial charge in [-0.3, -0.25) is 4.79 Å². The summed E-state index contributed by atoms with van der Waals surface area (Å²) in [5.41, 5.74) is 5.77. The van der Waals surface area contributed by atoms with Crippen molar-refractivity contribution in [3.63, 3.8) is 0 Å². The number of carbonyl (C=O) groups is 1. The van der Waals surface area contributed by atoms with Crippen molar-refractivity contribution in [1.82, 2.24) is 14.9 Å². The monoisotopic (exact) mass is 417 g/mol. The molecule has 1 aliphatic heterocycles. The molecule has 6 heteroatoms. The number of hydrogen-bond donors (Lipinski definition) is 0. The second kappa shape index (κ2) is 7.69. The number of aryl methyl sites for hydroxylation is 2. The molecule has 2 aromatic carbocycles. The maximum Gasteiger partial charge on any atom is 0.273 e. The molecule has 2 aromatic heterocycles. The highest BCUT2D eigenvalue weighted by atomic mass is 32.1. The molecule has 5 nitrogen and oxygen atoms in total. The van der Waals surface area contributed by atoms with E-state index in [1.807, 2.05) is 34.5 Å². The number of likely N-dealkylation sites (tertiary alicyclic amines) is 1. The molecule has 0 bridgehead atoms. The van der Waals surface area contributed by atoms with Gasteiger partial charge < -0.3 is 9.32 Å². The van der Waals surface area contributed by atoms with Crippen LogP contribution in [0.1, 0.15) is 46.3 Å². The zero-order valence-electron chi connectivity index (χ0n) is 17.1. The smallest absolute Gasteiger partial charge is 0.273 e. The lowest BCUT2D eigenvalue weighted by atomic mass is 9.96. The highest BCUT2D eigenvalue weighted by Gasteiger charge is 2.28. The van der Waals surface area contributed by atoms with Crippen LogP contribution in [0.5, 0.6) is 0 Å². The van der Waals surface area contributed by atoms with Crippen molar-refractivity contribution in [2.45, 2.75) is 32.6 Å². The topological polar surface area (TPSA) is 59.2 Å². The summed E-state index contributed by atoms with van der Waals surface area (Å²) in [6.07, 6.45) is 1.71. The summed E-state index contributed by atoms with van der Waals surface area (Å²) in [6.45, 7) is 5.55. The van der Waals surface area contributed by atoms with Crippen LogP contribution in [0.15, 0.2) is 52.3 Å². The molecule has 0 spiro atoms. The number of oxazole rings is 1. The number of carbonyl (C=O) groups excluding carboxylic acids is 1. The van der Waals surface area contributed by atoms with E-state index in [1.165, 1.54) is 22.5 Å². The molecule has 1 amide bonds. The number of para-hydroxylation sites is 2. The van der Waals surface area contributed by atoms with Crippen molar-refractivity contribution in [3.05, 3.63) is 70.6 Å². The Morgan fingerprint density at radius 1 is 1.10 bits per heavy atom. The zero-order valence-corrected chi connectivity index (χ0v) is 17.9. The fraction of sp³-hybridized carbons (Fsp3) is 0.292. The average Bonchev–Trinajstić information content (AvgIpc) is 3.41. The molecule has 5 rings (SSSR count). The van der Waals surface area contributed by atoms with Gasteiger partial charge in [0.15, 0.2) is 11.5 Å². The van der Waals surface area contributed by atoms with Gasteiger partial charge in [-0.15, -0.1) is 11.3 Å². The SMILES string of the molecule is Cc1ccc(-c2nc(C(=O)N3CCC(c4nc5ccccc5o4)CC3)cs2)c(C)c1. The van der Waals surface area contributed by atoms with E-state index >= 15 is 0 Å². The van der Waals surface area contributed by atoms with Crippen LogP contribution >= 0.6 is 11.3 Å². The van der Waals surface area contributed by atoms with Gasteiger partial charge in [0.05, 0.1) is 0 Å². The Labute approximate surface area is 179 Å². The van der Waals surface area contributed by atoms with Crippen LogP contribution in [-0.4, -0.2) is 33.9 Å². The predicted octanol–water partition coefficient (Wildman–Crippen LogP) is 5.59. The highest BCUT2D eigenvalue weighted by Crippen LogP contribution is 2.32. The maximum atomic E-state index is 13.0. The lowest BCUT2D eigenvalue weighted by molar-refractivity contribution is 0.0701. The molecule has 0 saturated carbocycles. The summed E-state index contributed by atoms with van der Waals surface area (Å²) in [5.74, 6) is 1.05. The van der Waals surface area contributed by atoms with Gasteiger partial charge in [0.25, 0.3) is 5.91 Å². The van der Waals surface area contributed by atoms with Gasteiger partial charge in [0.2, 0.25) is 0 Å². The molecule has 152 valence electrons. The van der Waals surface area contributed by atoms with Gasteiger partial charge in [-0.25, -0.2) is 9.97 Å². The van der Waals surface area contributed by atoms with Crippen molar-refractivity contribution in [1.29, 1.82) is 0 Å². The number of nitrogens with zero attached hydrogens (tertiary/aromatic N) is 3. The first-order chi connectivity index (χ1) is 14.6. The molecule has 0 aliphatic carbocycles. The Hall–Kier alpha value is -2.99. The van der Waals surface area contributed by atoms with Crippen molar-refractivity contribution >= 4 is 28.3 Å². The van der Waals surface area contributed by atoms with Crippen LogP contribution in [0.2, 0.25) is 0 Å². The molecule has 30 heavy (non-hydrogen) atoms. The quantitative estimate of drug-likeness (QED) is 0.436. The van der Waals surface area contributed by atoms with Gasteiger partial charge in [0, 0.05) is 30.0 Å². The van der Waals surface area contributed by atoms with E-state index in [0.29, 0.717) is 18.8 Å². The fourth-order valence-electron chi connectivity index (χ4n) is 4.11. The normalized spacial score (nSPS) is 15.1. The summed E-state index contributed by atoms with van der Waals surface area (Å²) in [6, 6.07) is 14.2. The minimum Gasteiger partial charge on any atom is -0.440 e. The Morgan fingerprint density at radius 3 is 2.67 bits per heavy atom. The van der Waals surface area contributed by atoms with Crippen LogP contribution in [0.3, 0.4) is 0 Å². The van der Waals surface area contributed by atoms with Crippen LogP contribution < -0.4 is 0 Å². The number of hydrogen-bond acceptors (Lipinski definition) is 5. The summed E-state index contributed by atoms with van der Waals surface area (Å²) >= 11 is 1.53. The van der Waals surface area contributed by atoms with Crippen LogP contribution in [0, 0.1) is 13.8 Å². The summed E-state index contributed by atoms with van der Waals surface area (Å²) in [4.78, 5) is 24.2. The Kier molecular flexibility index (Phi) is 4.87. The number of amides is 1. The lowest BCUT2D eigenvalue weighted by Crippen LogP contribution is -2.38. The van der Waals surface area contributed by atoms with Crippen LogP contribution in [-0.2, 0) is 0 Å². The minimum atomic E-state index is 0.0123. The van der Waals surface area contributed by atoms with E-state index in [-0.39, 0.29) is 11.8 Å². The van der Waals surface area contributed by atoms with Gasteiger partial charge in [-0.1, -0.05) is 35.9 Å². The van der Waals surface area contributed by atoms with E-state index in [2.05, 4.69) is 42.0 Å². The molecule has 1 fully saturated rings. The lowest BCUT2D eigenvalue weighted by Gasteiger charge is -2.30.